The van der Waals surface area contributed by atoms with E-state index in [2.05, 4.69) is 66.8 Å². The minimum Gasteiger partial charge on any atom is -0.491 e. The first-order valence-corrected chi connectivity index (χ1v) is 11.8. The lowest BCUT2D eigenvalue weighted by Gasteiger charge is -2.14. The van der Waals surface area contributed by atoms with Crippen LogP contribution in [0.3, 0.4) is 0 Å². The van der Waals surface area contributed by atoms with Crippen LogP contribution < -0.4 is 0 Å². The Morgan fingerprint density at radius 3 is 1.74 bits per heavy atom. The lowest BCUT2D eigenvalue weighted by atomic mass is 9.92. The van der Waals surface area contributed by atoms with Gasteiger partial charge in [-0.2, -0.15) is 4.39 Å². The standard InChI is InChI=1S/C28H35F3O.C3H8/c1-11-18(3)13-14-19(4)22(7)17-26(29)23(8)20(5)15-16-21(6)24(9)27(30)28(31)25(10)32-12-2;1-3-2/h11,15-19H,1,5-10,12-14H2,2-4H3;3H2,1-2H3/b16-15-,26-17+,28-27-;. The van der Waals surface area contributed by atoms with E-state index in [1.54, 1.807) is 6.92 Å². The number of hydrogen-bond donors (Lipinski definition) is 0. The van der Waals surface area contributed by atoms with Crippen molar-refractivity contribution in [3.8, 4) is 0 Å². The average Bonchev–Trinajstić information content (AvgIpc) is 2.83. The Labute approximate surface area is 211 Å². The first kappa shape index (κ1) is 34.2. The van der Waals surface area contributed by atoms with Crippen molar-refractivity contribution in [1.82, 2.24) is 0 Å². The molecule has 0 bridgehead atoms. The van der Waals surface area contributed by atoms with E-state index in [0.29, 0.717) is 11.5 Å². The van der Waals surface area contributed by atoms with E-state index < -0.39 is 23.2 Å². The Kier molecular flexibility index (Phi) is 17.9. The number of ether oxygens (including phenoxy) is 1. The van der Waals surface area contributed by atoms with Gasteiger partial charge in [-0.25, -0.2) is 8.78 Å². The predicted octanol–water partition coefficient (Wildman–Crippen LogP) is 10.5. The summed E-state index contributed by atoms with van der Waals surface area (Å²) >= 11 is 0. The molecular formula is C31H43F3O. The molecule has 0 aromatic rings. The summed E-state index contributed by atoms with van der Waals surface area (Å²) < 4.78 is 47.7. The van der Waals surface area contributed by atoms with Gasteiger partial charge in [-0.3, -0.25) is 0 Å². The van der Waals surface area contributed by atoms with E-state index in [1.807, 2.05) is 13.0 Å². The van der Waals surface area contributed by atoms with Gasteiger partial charge in [0.15, 0.2) is 11.6 Å². The second kappa shape index (κ2) is 18.3. The molecule has 2 unspecified atom stereocenters. The molecule has 35 heavy (non-hydrogen) atoms. The highest BCUT2D eigenvalue weighted by Gasteiger charge is 2.15. The Bertz CT molecular complexity index is 896. The molecule has 0 spiro atoms. The van der Waals surface area contributed by atoms with Crippen LogP contribution in [0.5, 0.6) is 0 Å². The predicted molar refractivity (Wildman–Crippen MR) is 148 cm³/mol. The molecule has 4 heteroatoms. The van der Waals surface area contributed by atoms with Crippen molar-refractivity contribution in [2.75, 3.05) is 6.61 Å². The molecule has 0 aromatic heterocycles. The summed E-state index contributed by atoms with van der Waals surface area (Å²) in [6, 6.07) is 0. The topological polar surface area (TPSA) is 9.23 Å². The van der Waals surface area contributed by atoms with Crippen LogP contribution >= 0.6 is 0 Å². The number of rotatable bonds is 15. The van der Waals surface area contributed by atoms with Crippen LogP contribution in [-0.4, -0.2) is 6.61 Å². The fourth-order valence-corrected chi connectivity index (χ4v) is 2.40. The minimum absolute atomic E-state index is 0.0550. The molecule has 0 fully saturated rings. The zero-order chi connectivity index (χ0) is 27.7. The maximum Gasteiger partial charge on any atom is 0.200 e. The van der Waals surface area contributed by atoms with Gasteiger partial charge in [0.2, 0.25) is 5.83 Å². The first-order chi connectivity index (χ1) is 16.3. The molecule has 0 saturated carbocycles. The highest BCUT2D eigenvalue weighted by Crippen LogP contribution is 2.28. The molecule has 194 valence electrons. The van der Waals surface area contributed by atoms with Crippen LogP contribution in [0.25, 0.3) is 0 Å². The third-order valence-electron chi connectivity index (χ3n) is 4.97. The zero-order valence-corrected chi connectivity index (χ0v) is 22.3. The fourth-order valence-electron chi connectivity index (χ4n) is 2.40. The van der Waals surface area contributed by atoms with E-state index >= 15 is 0 Å². The molecule has 2 atom stereocenters. The normalized spacial score (nSPS) is 13.5. The molecule has 1 nitrogen and oxygen atoms in total. The Morgan fingerprint density at radius 1 is 0.800 bits per heavy atom. The third-order valence-corrected chi connectivity index (χ3v) is 4.97. The van der Waals surface area contributed by atoms with Crippen molar-refractivity contribution in [2.45, 2.75) is 53.9 Å². The van der Waals surface area contributed by atoms with E-state index in [4.69, 9.17) is 4.74 Å². The molecule has 0 aliphatic rings. The molecule has 0 aromatic carbocycles. The zero-order valence-electron chi connectivity index (χ0n) is 22.3. The maximum atomic E-state index is 14.6. The average molecular weight is 489 g/mol. The molecule has 0 aliphatic carbocycles. The van der Waals surface area contributed by atoms with Crippen molar-refractivity contribution < 1.29 is 17.9 Å². The summed E-state index contributed by atoms with van der Waals surface area (Å²) in [7, 11) is 0. The number of halogens is 3. The van der Waals surface area contributed by atoms with E-state index in [-0.39, 0.29) is 34.8 Å². The fraction of sp³-hybridized carbons (Fsp3) is 0.355. The first-order valence-electron chi connectivity index (χ1n) is 11.8. The van der Waals surface area contributed by atoms with Crippen molar-refractivity contribution >= 4 is 0 Å². The smallest absolute Gasteiger partial charge is 0.200 e. The van der Waals surface area contributed by atoms with Crippen LogP contribution in [0.2, 0.25) is 0 Å². The SMILES string of the molecule is C=CC(C)CCC(C)C(=C)/C=C(/F)C(=C)C(=C)/C=C\C(=C)C(=C)/C(F)=C(/F)C(=C)OCC.CCC. The molecule has 0 heterocycles. The van der Waals surface area contributed by atoms with Gasteiger partial charge in [-0.05, 0) is 54.4 Å². The van der Waals surface area contributed by atoms with Crippen LogP contribution in [0.1, 0.15) is 53.9 Å². The molecule has 0 radical (unpaired) electrons. The minimum atomic E-state index is -1.25. The molecule has 0 amide bonds. The molecule has 0 saturated heterocycles. The van der Waals surface area contributed by atoms with Gasteiger partial charge in [0, 0.05) is 11.1 Å². The van der Waals surface area contributed by atoms with Gasteiger partial charge in [0.05, 0.1) is 6.61 Å². The van der Waals surface area contributed by atoms with Crippen LogP contribution in [0, 0.1) is 11.8 Å². The van der Waals surface area contributed by atoms with Crippen molar-refractivity contribution in [3.05, 3.63) is 121 Å². The lowest BCUT2D eigenvalue weighted by molar-refractivity contribution is 0.224. The monoisotopic (exact) mass is 488 g/mol. The quantitative estimate of drug-likeness (QED) is 0.126. The molecule has 0 aliphatic heterocycles. The summed E-state index contributed by atoms with van der Waals surface area (Å²) in [6.45, 7) is 35.7. The number of allylic oxidation sites excluding steroid dienone is 12. The summed E-state index contributed by atoms with van der Waals surface area (Å²) in [4.78, 5) is 0. The van der Waals surface area contributed by atoms with Crippen molar-refractivity contribution in [1.29, 1.82) is 0 Å². The van der Waals surface area contributed by atoms with Crippen LogP contribution in [0.15, 0.2) is 121 Å². The summed E-state index contributed by atoms with van der Waals surface area (Å²) in [5.41, 5.74) is 0.739. The Balaban J connectivity index is 0. The van der Waals surface area contributed by atoms with Gasteiger partial charge in [0.25, 0.3) is 0 Å². The third kappa shape index (κ3) is 13.5. The van der Waals surface area contributed by atoms with Crippen LogP contribution in [-0.2, 0) is 4.74 Å². The van der Waals surface area contributed by atoms with Crippen molar-refractivity contribution in [2.24, 2.45) is 11.8 Å². The van der Waals surface area contributed by atoms with Gasteiger partial charge in [-0.15, -0.1) is 6.58 Å². The molecule has 0 rings (SSSR count). The van der Waals surface area contributed by atoms with E-state index in [9.17, 15) is 13.2 Å². The highest BCUT2D eigenvalue weighted by molar-refractivity contribution is 5.53. The van der Waals surface area contributed by atoms with Crippen molar-refractivity contribution in [3.63, 3.8) is 0 Å². The lowest BCUT2D eigenvalue weighted by Crippen LogP contribution is -2.00. The maximum absolute atomic E-state index is 14.6. The Morgan fingerprint density at radius 2 is 1.29 bits per heavy atom. The second-order valence-corrected chi connectivity index (χ2v) is 8.29. The van der Waals surface area contributed by atoms with Gasteiger partial charge < -0.3 is 4.74 Å². The summed E-state index contributed by atoms with van der Waals surface area (Å²) in [5.74, 6) is -3.00. The van der Waals surface area contributed by atoms with Gasteiger partial charge in [0.1, 0.15) is 5.83 Å². The number of hydrogen-bond acceptors (Lipinski definition) is 1. The highest BCUT2D eigenvalue weighted by atomic mass is 19.2. The largest absolute Gasteiger partial charge is 0.491 e. The van der Waals surface area contributed by atoms with Gasteiger partial charge in [-0.1, -0.05) is 91.8 Å². The van der Waals surface area contributed by atoms with E-state index in [1.165, 1.54) is 24.6 Å². The van der Waals surface area contributed by atoms with Crippen LogP contribution in [0.4, 0.5) is 13.2 Å². The van der Waals surface area contributed by atoms with E-state index in [0.717, 1.165) is 12.8 Å². The molecule has 0 N–H and O–H groups in total. The Hall–Kier alpha value is -3.01. The van der Waals surface area contributed by atoms with Gasteiger partial charge >= 0.3 is 0 Å². The second-order valence-electron chi connectivity index (χ2n) is 8.29. The summed E-state index contributed by atoms with van der Waals surface area (Å²) in [5, 5.41) is 0. The summed E-state index contributed by atoms with van der Waals surface area (Å²) in [6.07, 6.45) is 9.03. The molecular weight excluding hydrogens is 445 g/mol.